The van der Waals surface area contributed by atoms with Crippen LogP contribution in [0, 0.1) is 5.92 Å². The molecule has 2 fully saturated rings. The molecule has 1 aromatic carbocycles. The highest BCUT2D eigenvalue weighted by Gasteiger charge is 2.42. The van der Waals surface area contributed by atoms with Gasteiger partial charge in [0.2, 0.25) is 11.8 Å². The summed E-state index contributed by atoms with van der Waals surface area (Å²) in [6, 6.07) is 6.38. The van der Waals surface area contributed by atoms with Gasteiger partial charge in [0, 0.05) is 24.6 Å². The van der Waals surface area contributed by atoms with E-state index in [-0.39, 0.29) is 30.8 Å². The molecule has 1 atom stereocenters. The van der Waals surface area contributed by atoms with E-state index in [0.29, 0.717) is 5.69 Å². The molecule has 3 rings (SSSR count). The zero-order chi connectivity index (χ0) is 18.6. The molecule has 1 saturated carbocycles. The molecule has 2 aliphatic rings. The Hall–Kier alpha value is -1.73. The number of hydrogen-bond donors (Lipinski definition) is 3. The summed E-state index contributed by atoms with van der Waals surface area (Å²) in [6.07, 6.45) is 4.77. The molecule has 0 radical (unpaired) electrons. The molecule has 1 aliphatic heterocycles. The van der Waals surface area contributed by atoms with Gasteiger partial charge in [-0.2, -0.15) is 0 Å². The van der Waals surface area contributed by atoms with E-state index in [9.17, 15) is 18.4 Å². The fraction of sp³-hybridized carbons (Fsp3) is 0.579. The fourth-order valence-corrected chi connectivity index (χ4v) is 3.58. The Morgan fingerprint density at radius 2 is 1.89 bits per heavy atom. The van der Waals surface area contributed by atoms with Crippen LogP contribution in [0.3, 0.4) is 0 Å². The number of nitrogens with one attached hydrogen (secondary N) is 3. The lowest BCUT2D eigenvalue weighted by atomic mass is 9.88. The Morgan fingerprint density at radius 1 is 1.15 bits per heavy atom. The van der Waals surface area contributed by atoms with Crippen LogP contribution in [0.2, 0.25) is 0 Å². The maximum absolute atomic E-state index is 13.2. The molecule has 0 aromatic heterocycles. The van der Waals surface area contributed by atoms with Gasteiger partial charge in [0.15, 0.2) is 0 Å². The topological polar surface area (TPSA) is 70.2 Å². The Bertz CT molecular complexity index is 666. The number of halogens is 3. The van der Waals surface area contributed by atoms with Crippen LogP contribution in [0.25, 0.3) is 0 Å². The number of rotatable bonds is 5. The lowest BCUT2D eigenvalue weighted by molar-refractivity contribution is -0.123. The lowest BCUT2D eigenvalue weighted by Crippen LogP contribution is -2.40. The van der Waals surface area contributed by atoms with Crippen molar-refractivity contribution in [2.75, 3.05) is 11.9 Å². The largest absolute Gasteiger partial charge is 0.351 e. The van der Waals surface area contributed by atoms with Crippen LogP contribution in [-0.2, 0) is 16.1 Å². The highest BCUT2D eigenvalue weighted by atomic mass is 35.5. The monoisotopic (exact) mass is 401 g/mol. The van der Waals surface area contributed by atoms with Crippen LogP contribution in [0.4, 0.5) is 14.5 Å². The highest BCUT2D eigenvalue weighted by molar-refractivity contribution is 5.92. The van der Waals surface area contributed by atoms with E-state index < -0.39 is 30.8 Å². The number of hydrogen-bond acceptors (Lipinski definition) is 3. The summed E-state index contributed by atoms with van der Waals surface area (Å²) in [5.41, 5.74) is 1.50. The third-order valence-electron chi connectivity index (χ3n) is 5.06. The summed E-state index contributed by atoms with van der Waals surface area (Å²) < 4.78 is 26.3. The Labute approximate surface area is 164 Å². The van der Waals surface area contributed by atoms with Gasteiger partial charge in [0.25, 0.3) is 5.92 Å². The van der Waals surface area contributed by atoms with E-state index in [0.717, 1.165) is 31.2 Å². The molecular weight excluding hydrogens is 376 g/mol. The third-order valence-corrected chi connectivity index (χ3v) is 5.06. The minimum Gasteiger partial charge on any atom is -0.351 e. The van der Waals surface area contributed by atoms with Crippen LogP contribution in [0.1, 0.15) is 44.1 Å². The molecule has 0 spiro atoms. The summed E-state index contributed by atoms with van der Waals surface area (Å²) in [4.78, 5) is 24.3. The summed E-state index contributed by atoms with van der Waals surface area (Å²) in [6.45, 7) is -0.233. The molecular formula is C19H26ClF2N3O2. The summed E-state index contributed by atoms with van der Waals surface area (Å²) >= 11 is 0. The Kier molecular flexibility index (Phi) is 7.56. The van der Waals surface area contributed by atoms with E-state index in [1.54, 1.807) is 12.1 Å². The molecule has 150 valence electrons. The number of benzene rings is 1. The third kappa shape index (κ3) is 6.14. The first-order valence-corrected chi connectivity index (χ1v) is 9.22. The van der Waals surface area contributed by atoms with Gasteiger partial charge in [0.1, 0.15) is 0 Å². The number of carbonyl (C=O) groups is 2. The quantitative estimate of drug-likeness (QED) is 0.709. The fourth-order valence-electron chi connectivity index (χ4n) is 3.58. The standard InChI is InChI=1S/C19H25F2N3O2.ClH/c20-19(21)10-16(23-12-19)18(26)22-11-13-5-4-8-15(9-13)24-17(25)14-6-2-1-3-7-14;/h4-5,8-9,14,16,23H,1-3,6-7,10-12H2,(H,22,26)(H,24,25);1H. The van der Waals surface area contributed by atoms with Crippen LogP contribution in [0.5, 0.6) is 0 Å². The van der Waals surface area contributed by atoms with Crippen molar-refractivity contribution in [3.63, 3.8) is 0 Å². The highest BCUT2D eigenvalue weighted by Crippen LogP contribution is 2.26. The van der Waals surface area contributed by atoms with Crippen molar-refractivity contribution >= 4 is 29.9 Å². The second kappa shape index (κ2) is 9.46. The van der Waals surface area contributed by atoms with Crippen molar-refractivity contribution in [3.8, 4) is 0 Å². The normalized spacial score (nSPS) is 21.9. The SMILES string of the molecule is Cl.O=C(Nc1cccc(CNC(=O)C2CC(F)(F)CN2)c1)C1CCCCC1. The van der Waals surface area contributed by atoms with Gasteiger partial charge in [0.05, 0.1) is 12.6 Å². The minimum absolute atomic E-state index is 0. The first kappa shape index (κ1) is 21.6. The van der Waals surface area contributed by atoms with Gasteiger partial charge in [-0.05, 0) is 30.5 Å². The van der Waals surface area contributed by atoms with Gasteiger partial charge < -0.3 is 10.6 Å². The van der Waals surface area contributed by atoms with E-state index >= 15 is 0 Å². The Morgan fingerprint density at radius 3 is 2.56 bits per heavy atom. The summed E-state index contributed by atoms with van der Waals surface area (Å²) in [5, 5.41) is 8.16. The van der Waals surface area contributed by atoms with Crippen molar-refractivity contribution in [3.05, 3.63) is 29.8 Å². The first-order valence-electron chi connectivity index (χ1n) is 9.22. The van der Waals surface area contributed by atoms with Crippen molar-refractivity contribution < 1.29 is 18.4 Å². The second-order valence-corrected chi connectivity index (χ2v) is 7.24. The average Bonchev–Trinajstić information content (AvgIpc) is 3.01. The van der Waals surface area contributed by atoms with Gasteiger partial charge in [-0.15, -0.1) is 12.4 Å². The lowest BCUT2D eigenvalue weighted by Gasteiger charge is -2.21. The van der Waals surface area contributed by atoms with Crippen LogP contribution < -0.4 is 16.0 Å². The van der Waals surface area contributed by atoms with Gasteiger partial charge in [-0.3, -0.25) is 14.9 Å². The molecule has 5 nitrogen and oxygen atoms in total. The zero-order valence-corrected chi connectivity index (χ0v) is 15.9. The molecule has 1 aromatic rings. The number of alkyl halides is 2. The van der Waals surface area contributed by atoms with Crippen LogP contribution >= 0.6 is 12.4 Å². The number of anilines is 1. The predicted molar refractivity (Wildman–Crippen MR) is 102 cm³/mol. The van der Waals surface area contributed by atoms with Crippen LogP contribution in [-0.4, -0.2) is 30.3 Å². The molecule has 1 aliphatic carbocycles. The molecule has 1 unspecified atom stereocenters. The van der Waals surface area contributed by atoms with Crippen molar-refractivity contribution in [2.45, 2.75) is 57.0 Å². The molecule has 8 heteroatoms. The maximum atomic E-state index is 13.2. The average molecular weight is 402 g/mol. The van der Waals surface area contributed by atoms with E-state index in [2.05, 4.69) is 16.0 Å². The van der Waals surface area contributed by atoms with E-state index in [1.807, 2.05) is 12.1 Å². The molecule has 3 N–H and O–H groups in total. The van der Waals surface area contributed by atoms with Crippen LogP contribution in [0.15, 0.2) is 24.3 Å². The van der Waals surface area contributed by atoms with E-state index in [4.69, 9.17) is 0 Å². The smallest absolute Gasteiger partial charge is 0.262 e. The van der Waals surface area contributed by atoms with Gasteiger partial charge in [-0.1, -0.05) is 31.4 Å². The number of carbonyl (C=O) groups excluding carboxylic acids is 2. The first-order chi connectivity index (χ1) is 12.4. The van der Waals surface area contributed by atoms with Crippen molar-refractivity contribution in [1.82, 2.24) is 10.6 Å². The zero-order valence-electron chi connectivity index (χ0n) is 15.1. The summed E-state index contributed by atoms with van der Waals surface area (Å²) in [5.74, 6) is -3.14. The molecule has 27 heavy (non-hydrogen) atoms. The van der Waals surface area contributed by atoms with Crippen molar-refractivity contribution in [2.24, 2.45) is 5.92 Å². The summed E-state index contributed by atoms with van der Waals surface area (Å²) in [7, 11) is 0. The predicted octanol–water partition coefficient (Wildman–Crippen LogP) is 3.24. The second-order valence-electron chi connectivity index (χ2n) is 7.24. The van der Waals surface area contributed by atoms with Crippen molar-refractivity contribution in [1.29, 1.82) is 0 Å². The van der Waals surface area contributed by atoms with E-state index in [1.165, 1.54) is 6.42 Å². The number of amides is 2. The molecule has 1 heterocycles. The molecule has 0 bridgehead atoms. The maximum Gasteiger partial charge on any atom is 0.262 e. The van der Waals surface area contributed by atoms with Gasteiger partial charge in [-0.25, -0.2) is 8.78 Å². The molecule has 1 saturated heterocycles. The van der Waals surface area contributed by atoms with Gasteiger partial charge >= 0.3 is 0 Å². The Balaban J connectivity index is 0.00000261. The minimum atomic E-state index is -2.83. The molecule has 2 amide bonds.